The molecule has 1 fully saturated rings. The number of carbonyl (C=O) groups is 1. The Labute approximate surface area is 176 Å². The fourth-order valence-corrected chi connectivity index (χ4v) is 4.41. The number of hydrogen-bond donors (Lipinski definition) is 1. The van der Waals surface area contributed by atoms with E-state index < -0.39 is 11.6 Å². The highest BCUT2D eigenvalue weighted by atomic mass is 19.1. The molecule has 0 aliphatic carbocycles. The van der Waals surface area contributed by atoms with Gasteiger partial charge in [-0.25, -0.2) is 8.78 Å². The standard InChI is InChI=1S/C23H28F2N4O/c1-15-12-28(7-6-26-15)13-22(30)29-14-23(2,3)19-11-27-18(10-21(19)29)8-16-4-5-17(24)9-20(16)25/h4-5,9-11,15,26H,6-8,12-14H2,1-3H3/t15-/m1/s1. The number of amides is 1. The Kier molecular flexibility index (Phi) is 5.59. The minimum Gasteiger partial charge on any atom is -0.312 e. The van der Waals surface area contributed by atoms with Crippen molar-refractivity contribution >= 4 is 11.6 Å². The van der Waals surface area contributed by atoms with Crippen molar-refractivity contribution in [3.8, 4) is 0 Å². The van der Waals surface area contributed by atoms with Crippen LogP contribution in [0, 0.1) is 11.6 Å². The van der Waals surface area contributed by atoms with E-state index in [9.17, 15) is 13.6 Å². The van der Waals surface area contributed by atoms with Gasteiger partial charge in [-0.05, 0) is 24.6 Å². The maximum absolute atomic E-state index is 14.1. The first-order valence-electron chi connectivity index (χ1n) is 10.4. The fourth-order valence-electron chi connectivity index (χ4n) is 4.41. The molecule has 0 bridgehead atoms. The van der Waals surface area contributed by atoms with E-state index in [4.69, 9.17) is 0 Å². The topological polar surface area (TPSA) is 48.5 Å². The van der Waals surface area contributed by atoms with Gasteiger partial charge in [-0.2, -0.15) is 0 Å². The maximum Gasteiger partial charge on any atom is 0.241 e. The number of rotatable bonds is 4. The van der Waals surface area contributed by atoms with Crippen LogP contribution in [0.1, 0.15) is 37.6 Å². The van der Waals surface area contributed by atoms with Gasteiger partial charge >= 0.3 is 0 Å². The third-order valence-corrected chi connectivity index (χ3v) is 6.01. The van der Waals surface area contributed by atoms with Crippen LogP contribution in [0.3, 0.4) is 0 Å². The Morgan fingerprint density at radius 1 is 1.30 bits per heavy atom. The molecule has 2 aliphatic heterocycles. The third-order valence-electron chi connectivity index (χ3n) is 6.01. The van der Waals surface area contributed by atoms with E-state index in [1.807, 2.05) is 11.0 Å². The molecule has 1 aromatic carbocycles. The zero-order valence-electron chi connectivity index (χ0n) is 17.7. The monoisotopic (exact) mass is 414 g/mol. The summed E-state index contributed by atoms with van der Waals surface area (Å²) in [4.78, 5) is 21.7. The first-order chi connectivity index (χ1) is 14.2. The van der Waals surface area contributed by atoms with Gasteiger partial charge in [-0.3, -0.25) is 14.7 Å². The highest BCUT2D eigenvalue weighted by Gasteiger charge is 2.39. The third kappa shape index (κ3) is 4.23. The van der Waals surface area contributed by atoms with Crippen LogP contribution in [0.25, 0.3) is 0 Å². The second kappa shape index (κ2) is 8.04. The second-order valence-corrected chi connectivity index (χ2v) is 9.06. The number of aromatic nitrogens is 1. The number of nitrogens with zero attached hydrogens (tertiary/aromatic N) is 3. The highest BCUT2D eigenvalue weighted by molar-refractivity contribution is 5.97. The molecule has 7 heteroatoms. The van der Waals surface area contributed by atoms with E-state index in [-0.39, 0.29) is 17.7 Å². The number of piperazine rings is 1. The van der Waals surface area contributed by atoms with E-state index in [2.05, 4.69) is 36.0 Å². The zero-order chi connectivity index (χ0) is 21.5. The van der Waals surface area contributed by atoms with Gasteiger partial charge in [0.2, 0.25) is 5.91 Å². The van der Waals surface area contributed by atoms with Crippen molar-refractivity contribution in [2.75, 3.05) is 37.6 Å². The van der Waals surface area contributed by atoms with E-state index in [0.717, 1.165) is 37.0 Å². The summed E-state index contributed by atoms with van der Waals surface area (Å²) in [5.41, 5.74) is 2.71. The Morgan fingerprint density at radius 3 is 2.83 bits per heavy atom. The van der Waals surface area contributed by atoms with Gasteiger partial charge in [0.05, 0.1) is 12.2 Å². The van der Waals surface area contributed by atoms with Crippen LogP contribution in [-0.2, 0) is 16.6 Å². The molecule has 3 heterocycles. The molecule has 5 nitrogen and oxygen atoms in total. The molecule has 0 saturated carbocycles. The predicted octanol–water partition coefficient (Wildman–Crippen LogP) is 2.87. The Bertz CT molecular complexity index is 962. The molecule has 30 heavy (non-hydrogen) atoms. The fraction of sp³-hybridized carbons (Fsp3) is 0.478. The lowest BCUT2D eigenvalue weighted by Gasteiger charge is -2.32. The second-order valence-electron chi connectivity index (χ2n) is 9.06. The number of pyridine rings is 1. The number of nitrogens with one attached hydrogen (secondary N) is 1. The Balaban J connectivity index is 1.57. The van der Waals surface area contributed by atoms with Gasteiger partial charge in [0.15, 0.2) is 0 Å². The van der Waals surface area contributed by atoms with Gasteiger partial charge in [-0.1, -0.05) is 19.9 Å². The molecular formula is C23H28F2N4O. The normalized spacial score (nSPS) is 21.0. The summed E-state index contributed by atoms with van der Waals surface area (Å²) in [6.45, 7) is 9.89. The summed E-state index contributed by atoms with van der Waals surface area (Å²) in [6.07, 6.45) is 2.05. The van der Waals surface area contributed by atoms with Gasteiger partial charge in [-0.15, -0.1) is 0 Å². The first kappa shape index (κ1) is 20.9. The van der Waals surface area contributed by atoms with Crippen LogP contribution >= 0.6 is 0 Å². The average molecular weight is 415 g/mol. The Morgan fingerprint density at radius 2 is 2.10 bits per heavy atom. The molecule has 2 aromatic rings. The molecule has 160 valence electrons. The summed E-state index contributed by atoms with van der Waals surface area (Å²) in [7, 11) is 0. The SMILES string of the molecule is C[C@@H]1CN(CC(=O)N2CC(C)(C)c3cnc(Cc4ccc(F)cc4F)cc32)CCN1. The summed E-state index contributed by atoms with van der Waals surface area (Å²) < 4.78 is 27.3. The van der Waals surface area contributed by atoms with Crippen molar-refractivity contribution in [2.24, 2.45) is 0 Å². The van der Waals surface area contributed by atoms with E-state index in [0.29, 0.717) is 30.4 Å². The van der Waals surface area contributed by atoms with Crippen molar-refractivity contribution in [1.82, 2.24) is 15.2 Å². The van der Waals surface area contributed by atoms with E-state index in [1.54, 1.807) is 6.20 Å². The molecule has 0 unspecified atom stereocenters. The summed E-state index contributed by atoms with van der Waals surface area (Å²) in [5, 5.41) is 3.39. The Hall–Kier alpha value is -2.38. The molecule has 1 atom stereocenters. The molecule has 1 N–H and O–H groups in total. The smallest absolute Gasteiger partial charge is 0.241 e. The van der Waals surface area contributed by atoms with Gasteiger partial charge in [0, 0.05) is 67.6 Å². The van der Waals surface area contributed by atoms with Crippen molar-refractivity contribution in [3.05, 3.63) is 58.9 Å². The predicted molar refractivity (Wildman–Crippen MR) is 113 cm³/mol. The van der Waals surface area contributed by atoms with Crippen molar-refractivity contribution in [2.45, 2.75) is 38.6 Å². The molecule has 2 aliphatic rings. The van der Waals surface area contributed by atoms with Crippen molar-refractivity contribution < 1.29 is 13.6 Å². The largest absolute Gasteiger partial charge is 0.312 e. The van der Waals surface area contributed by atoms with Crippen LogP contribution in [0.5, 0.6) is 0 Å². The number of carbonyl (C=O) groups excluding carboxylic acids is 1. The van der Waals surface area contributed by atoms with Crippen molar-refractivity contribution in [1.29, 1.82) is 0 Å². The van der Waals surface area contributed by atoms with E-state index >= 15 is 0 Å². The minimum atomic E-state index is -0.598. The lowest BCUT2D eigenvalue weighted by molar-refractivity contribution is -0.120. The molecule has 0 radical (unpaired) electrons. The van der Waals surface area contributed by atoms with Gasteiger partial charge in [0.25, 0.3) is 0 Å². The summed E-state index contributed by atoms with van der Waals surface area (Å²) in [5.74, 6) is -1.11. The van der Waals surface area contributed by atoms with Gasteiger partial charge in [0.1, 0.15) is 11.6 Å². The average Bonchev–Trinajstić information content (AvgIpc) is 2.95. The zero-order valence-corrected chi connectivity index (χ0v) is 17.7. The van der Waals surface area contributed by atoms with Crippen LogP contribution in [0.15, 0.2) is 30.5 Å². The van der Waals surface area contributed by atoms with Crippen LogP contribution < -0.4 is 10.2 Å². The summed E-state index contributed by atoms with van der Waals surface area (Å²) >= 11 is 0. The van der Waals surface area contributed by atoms with E-state index in [1.165, 1.54) is 12.1 Å². The molecule has 0 spiro atoms. The molecular weight excluding hydrogens is 386 g/mol. The van der Waals surface area contributed by atoms with Gasteiger partial charge < -0.3 is 10.2 Å². The summed E-state index contributed by atoms with van der Waals surface area (Å²) in [6, 6.07) is 5.83. The highest BCUT2D eigenvalue weighted by Crippen LogP contribution is 2.40. The number of anilines is 1. The number of fused-ring (bicyclic) bond motifs is 1. The number of benzene rings is 1. The lowest BCUT2D eigenvalue weighted by atomic mass is 9.88. The van der Waals surface area contributed by atoms with Crippen LogP contribution in [0.4, 0.5) is 14.5 Å². The lowest BCUT2D eigenvalue weighted by Crippen LogP contribution is -2.52. The van der Waals surface area contributed by atoms with Crippen molar-refractivity contribution in [3.63, 3.8) is 0 Å². The molecule has 4 rings (SSSR count). The van der Waals surface area contributed by atoms with Crippen LogP contribution in [0.2, 0.25) is 0 Å². The number of hydrogen-bond acceptors (Lipinski definition) is 4. The minimum absolute atomic E-state index is 0.0704. The molecule has 1 aromatic heterocycles. The molecule has 1 amide bonds. The molecule has 1 saturated heterocycles. The quantitative estimate of drug-likeness (QED) is 0.836. The maximum atomic E-state index is 14.1. The van der Waals surface area contributed by atoms with Crippen LogP contribution in [-0.4, -0.2) is 54.6 Å². The first-order valence-corrected chi connectivity index (χ1v) is 10.4. The number of halogens is 2.